The van der Waals surface area contributed by atoms with Crippen molar-refractivity contribution >= 4 is 22.8 Å². The third-order valence-corrected chi connectivity index (χ3v) is 3.59. The van der Waals surface area contributed by atoms with Crippen molar-refractivity contribution in [2.45, 2.75) is 13.5 Å². The highest BCUT2D eigenvalue weighted by molar-refractivity contribution is 5.97. The second-order valence-corrected chi connectivity index (χ2v) is 5.18. The van der Waals surface area contributed by atoms with Crippen LogP contribution in [0.15, 0.2) is 54.6 Å². The molecule has 0 aliphatic heterocycles. The lowest BCUT2D eigenvalue weighted by molar-refractivity contribution is -0.143. The van der Waals surface area contributed by atoms with E-state index < -0.39 is 5.97 Å². The van der Waals surface area contributed by atoms with Crippen LogP contribution in [0.4, 0.5) is 0 Å². The normalized spacial score (nSPS) is 10.7. The quantitative estimate of drug-likeness (QED) is 0.537. The molecular formula is C18H16N2O3. The van der Waals surface area contributed by atoms with Crippen molar-refractivity contribution in [2.24, 2.45) is 0 Å². The van der Waals surface area contributed by atoms with Crippen LogP contribution in [0.3, 0.4) is 0 Å². The van der Waals surface area contributed by atoms with E-state index in [1.165, 1.54) is 0 Å². The molecule has 3 aromatic rings. The molecule has 0 radical (unpaired) electrons. The number of ether oxygens (including phenoxy) is 1. The number of rotatable bonds is 5. The fourth-order valence-corrected chi connectivity index (χ4v) is 2.42. The lowest BCUT2D eigenvalue weighted by Gasteiger charge is -2.07. The summed E-state index contributed by atoms with van der Waals surface area (Å²) in [6.45, 7) is 1.62. The monoisotopic (exact) mass is 308 g/mol. The molecule has 0 N–H and O–H groups in total. The molecule has 0 amide bonds. The van der Waals surface area contributed by atoms with Gasteiger partial charge in [0.25, 0.3) is 0 Å². The van der Waals surface area contributed by atoms with Crippen LogP contribution in [0.1, 0.15) is 16.2 Å². The van der Waals surface area contributed by atoms with Gasteiger partial charge in [-0.2, -0.15) is 0 Å². The first-order valence-corrected chi connectivity index (χ1v) is 7.31. The maximum atomic E-state index is 12.0. The Morgan fingerprint density at radius 3 is 2.52 bits per heavy atom. The van der Waals surface area contributed by atoms with Crippen molar-refractivity contribution < 1.29 is 14.3 Å². The number of esters is 1. The summed E-state index contributed by atoms with van der Waals surface area (Å²) in [6.07, 6.45) is 0. The molecule has 23 heavy (non-hydrogen) atoms. The number of aromatic nitrogens is 2. The number of para-hydroxylation sites is 2. The van der Waals surface area contributed by atoms with E-state index in [0.29, 0.717) is 5.56 Å². The van der Waals surface area contributed by atoms with Gasteiger partial charge in [0.05, 0.1) is 11.0 Å². The number of fused-ring (bicyclic) bond motifs is 1. The highest BCUT2D eigenvalue weighted by atomic mass is 16.5. The number of carbonyl (C=O) groups is 2. The van der Waals surface area contributed by atoms with Gasteiger partial charge < -0.3 is 9.30 Å². The molecule has 0 bridgehead atoms. The summed E-state index contributed by atoms with van der Waals surface area (Å²) in [5.41, 5.74) is 2.24. The number of ketones is 1. The molecule has 0 unspecified atom stereocenters. The Bertz CT molecular complexity index is 853. The first kappa shape index (κ1) is 15.0. The number of aryl methyl sites for hydroxylation is 1. The zero-order valence-corrected chi connectivity index (χ0v) is 12.7. The predicted octanol–water partition coefficient (Wildman–Crippen LogP) is 2.77. The van der Waals surface area contributed by atoms with Gasteiger partial charge in [0.15, 0.2) is 12.4 Å². The predicted molar refractivity (Wildman–Crippen MR) is 86.2 cm³/mol. The van der Waals surface area contributed by atoms with E-state index >= 15 is 0 Å². The van der Waals surface area contributed by atoms with Crippen LogP contribution in [0.25, 0.3) is 11.0 Å². The molecule has 0 atom stereocenters. The van der Waals surface area contributed by atoms with Gasteiger partial charge >= 0.3 is 5.97 Å². The Labute approximate surface area is 133 Å². The van der Waals surface area contributed by atoms with E-state index in [0.717, 1.165) is 16.9 Å². The van der Waals surface area contributed by atoms with E-state index in [-0.39, 0.29) is 18.9 Å². The van der Waals surface area contributed by atoms with E-state index in [4.69, 9.17) is 4.74 Å². The maximum Gasteiger partial charge on any atom is 0.326 e. The van der Waals surface area contributed by atoms with Crippen LogP contribution in [0.2, 0.25) is 0 Å². The van der Waals surface area contributed by atoms with E-state index in [9.17, 15) is 9.59 Å². The Balaban J connectivity index is 1.65. The highest BCUT2D eigenvalue weighted by Gasteiger charge is 2.13. The second-order valence-electron chi connectivity index (χ2n) is 5.18. The van der Waals surface area contributed by atoms with Crippen molar-refractivity contribution in [3.05, 3.63) is 66.0 Å². The molecule has 2 aromatic carbocycles. The average Bonchev–Trinajstić information content (AvgIpc) is 2.89. The van der Waals surface area contributed by atoms with Crippen LogP contribution in [-0.4, -0.2) is 27.9 Å². The summed E-state index contributed by atoms with van der Waals surface area (Å²) in [7, 11) is 0. The van der Waals surface area contributed by atoms with Crippen LogP contribution in [-0.2, 0) is 16.1 Å². The molecular weight excluding hydrogens is 292 g/mol. The SMILES string of the molecule is Cc1nc2ccccc2n1CC(=O)OCC(=O)c1ccccc1. The van der Waals surface area contributed by atoms with Crippen molar-refractivity contribution in [1.82, 2.24) is 9.55 Å². The largest absolute Gasteiger partial charge is 0.456 e. The molecule has 5 nitrogen and oxygen atoms in total. The molecule has 0 fully saturated rings. The van der Waals surface area contributed by atoms with Crippen molar-refractivity contribution in [2.75, 3.05) is 6.61 Å². The Hall–Kier alpha value is -2.95. The number of Topliss-reactive ketones (excluding diaryl/α,β-unsaturated/α-hetero) is 1. The van der Waals surface area contributed by atoms with Crippen LogP contribution in [0.5, 0.6) is 0 Å². The Kier molecular flexibility index (Phi) is 4.19. The van der Waals surface area contributed by atoms with E-state index in [1.54, 1.807) is 28.8 Å². The van der Waals surface area contributed by atoms with Gasteiger partial charge in [0.2, 0.25) is 0 Å². The van der Waals surface area contributed by atoms with Gasteiger partial charge in [-0.15, -0.1) is 0 Å². The third kappa shape index (κ3) is 3.29. The molecule has 0 saturated carbocycles. The summed E-state index contributed by atoms with van der Waals surface area (Å²) in [5.74, 6) is 0.0595. The Morgan fingerprint density at radius 1 is 1.04 bits per heavy atom. The van der Waals surface area contributed by atoms with Crippen molar-refractivity contribution in [1.29, 1.82) is 0 Å². The molecule has 0 spiro atoms. The minimum absolute atomic E-state index is 0.0361. The summed E-state index contributed by atoms with van der Waals surface area (Å²) in [5, 5.41) is 0. The number of carbonyl (C=O) groups excluding carboxylic acids is 2. The standard InChI is InChI=1S/C18H16N2O3/c1-13-19-15-9-5-6-10-16(15)20(13)11-18(22)23-12-17(21)14-7-3-2-4-8-14/h2-10H,11-12H2,1H3. The van der Waals surface area contributed by atoms with Crippen LogP contribution in [0, 0.1) is 6.92 Å². The molecule has 1 aromatic heterocycles. The van der Waals surface area contributed by atoms with Gasteiger partial charge in [-0.3, -0.25) is 9.59 Å². The summed E-state index contributed by atoms with van der Waals surface area (Å²) < 4.78 is 6.88. The second kappa shape index (κ2) is 6.44. The molecule has 0 aliphatic rings. The minimum Gasteiger partial charge on any atom is -0.456 e. The lowest BCUT2D eigenvalue weighted by atomic mass is 10.1. The molecule has 0 aliphatic carbocycles. The first-order valence-electron chi connectivity index (χ1n) is 7.31. The molecule has 0 saturated heterocycles. The zero-order chi connectivity index (χ0) is 16.2. The first-order chi connectivity index (χ1) is 11.1. The third-order valence-electron chi connectivity index (χ3n) is 3.59. The molecule has 5 heteroatoms. The molecule has 1 heterocycles. The molecule has 3 rings (SSSR count). The number of hydrogen-bond donors (Lipinski definition) is 0. The summed E-state index contributed by atoms with van der Waals surface area (Å²) >= 11 is 0. The van der Waals surface area contributed by atoms with Gasteiger partial charge in [-0.25, -0.2) is 4.98 Å². The maximum absolute atomic E-state index is 12.0. The highest BCUT2D eigenvalue weighted by Crippen LogP contribution is 2.15. The number of nitrogens with zero attached hydrogens (tertiary/aromatic N) is 2. The fraction of sp³-hybridized carbons (Fsp3) is 0.167. The number of benzene rings is 2. The lowest BCUT2D eigenvalue weighted by Crippen LogP contribution is -2.19. The van der Waals surface area contributed by atoms with E-state index in [1.807, 2.05) is 37.3 Å². The van der Waals surface area contributed by atoms with Crippen LogP contribution < -0.4 is 0 Å². The smallest absolute Gasteiger partial charge is 0.326 e. The van der Waals surface area contributed by atoms with Gasteiger partial charge in [-0.1, -0.05) is 42.5 Å². The van der Waals surface area contributed by atoms with Crippen molar-refractivity contribution in [3.63, 3.8) is 0 Å². The summed E-state index contributed by atoms with van der Waals surface area (Å²) in [4.78, 5) is 28.4. The number of hydrogen-bond acceptors (Lipinski definition) is 4. The van der Waals surface area contributed by atoms with Gasteiger partial charge in [-0.05, 0) is 19.1 Å². The topological polar surface area (TPSA) is 61.2 Å². The van der Waals surface area contributed by atoms with Gasteiger partial charge in [0.1, 0.15) is 12.4 Å². The molecule has 116 valence electrons. The van der Waals surface area contributed by atoms with Gasteiger partial charge in [0, 0.05) is 5.56 Å². The Morgan fingerprint density at radius 2 is 1.74 bits per heavy atom. The van der Waals surface area contributed by atoms with Crippen LogP contribution >= 0.6 is 0 Å². The fourth-order valence-electron chi connectivity index (χ4n) is 2.42. The van der Waals surface area contributed by atoms with Crippen molar-refractivity contribution in [3.8, 4) is 0 Å². The minimum atomic E-state index is -0.458. The summed E-state index contributed by atoms with van der Waals surface area (Å²) in [6, 6.07) is 16.4. The zero-order valence-electron chi connectivity index (χ0n) is 12.7. The average molecular weight is 308 g/mol. The number of imidazole rings is 1. The van der Waals surface area contributed by atoms with E-state index in [2.05, 4.69) is 4.98 Å².